The van der Waals surface area contributed by atoms with Gasteiger partial charge in [-0.15, -0.1) is 0 Å². The summed E-state index contributed by atoms with van der Waals surface area (Å²) in [6, 6.07) is 16.7. The number of aryl methyl sites for hydroxylation is 1. The van der Waals surface area contributed by atoms with Crippen LogP contribution in [0.25, 0.3) is 22.7 Å². The van der Waals surface area contributed by atoms with Gasteiger partial charge in [0.05, 0.1) is 28.4 Å². The third-order valence-electron chi connectivity index (χ3n) is 7.20. The summed E-state index contributed by atoms with van der Waals surface area (Å²) in [6.07, 6.45) is 7.33. The van der Waals surface area contributed by atoms with E-state index in [-0.39, 0.29) is 11.2 Å². The molecule has 0 bridgehead atoms. The maximum Gasteiger partial charge on any atom is 0.494 e. The maximum atomic E-state index is 9.39. The summed E-state index contributed by atoms with van der Waals surface area (Å²) in [5, 5.41) is 10.6. The number of fused-ring (bicyclic) bond motifs is 3. The second-order valence-corrected chi connectivity index (χ2v) is 9.24. The van der Waals surface area contributed by atoms with E-state index < -0.39 is 7.12 Å². The molecule has 156 valence electrons. The van der Waals surface area contributed by atoms with Crippen molar-refractivity contribution in [1.29, 1.82) is 5.26 Å². The SMILES string of the molecule is CCC1(C)OB(c2cccc(-n3c4c(c5cc(C#N)ccc53)CCC=C4)c2)OC1(C)C. The number of allylic oxidation sites excluding steroid dienone is 1. The van der Waals surface area contributed by atoms with Crippen LogP contribution >= 0.6 is 0 Å². The molecule has 31 heavy (non-hydrogen) atoms. The van der Waals surface area contributed by atoms with E-state index in [2.05, 4.69) is 80.8 Å². The van der Waals surface area contributed by atoms with E-state index in [1.54, 1.807) is 0 Å². The molecule has 4 nitrogen and oxygen atoms in total. The van der Waals surface area contributed by atoms with Gasteiger partial charge in [0.25, 0.3) is 0 Å². The van der Waals surface area contributed by atoms with Crippen molar-refractivity contribution in [3.8, 4) is 11.8 Å². The van der Waals surface area contributed by atoms with Crippen molar-refractivity contribution in [2.75, 3.05) is 0 Å². The van der Waals surface area contributed by atoms with Crippen LogP contribution in [0.15, 0.2) is 48.5 Å². The first-order chi connectivity index (χ1) is 14.9. The molecule has 0 radical (unpaired) electrons. The summed E-state index contributed by atoms with van der Waals surface area (Å²) in [5.41, 5.74) is 5.74. The van der Waals surface area contributed by atoms with Crippen LogP contribution in [0.4, 0.5) is 0 Å². The third kappa shape index (κ3) is 3.05. The Morgan fingerprint density at radius 3 is 2.71 bits per heavy atom. The molecule has 1 unspecified atom stereocenters. The van der Waals surface area contributed by atoms with Crippen molar-refractivity contribution in [3.05, 3.63) is 65.4 Å². The van der Waals surface area contributed by atoms with E-state index in [1.165, 1.54) is 11.3 Å². The van der Waals surface area contributed by atoms with Crippen LogP contribution in [0, 0.1) is 11.3 Å². The van der Waals surface area contributed by atoms with Crippen LogP contribution < -0.4 is 5.46 Å². The molecule has 0 saturated carbocycles. The minimum absolute atomic E-state index is 0.330. The highest BCUT2D eigenvalue weighted by molar-refractivity contribution is 6.62. The third-order valence-corrected chi connectivity index (χ3v) is 7.20. The molecule has 1 aliphatic heterocycles. The van der Waals surface area contributed by atoms with Gasteiger partial charge < -0.3 is 13.9 Å². The van der Waals surface area contributed by atoms with Crippen molar-refractivity contribution >= 4 is 29.6 Å². The first-order valence-corrected chi connectivity index (χ1v) is 11.1. The molecule has 5 rings (SSSR count). The van der Waals surface area contributed by atoms with Crippen LogP contribution in [-0.4, -0.2) is 22.9 Å². The number of nitrogens with zero attached hydrogens (tertiary/aromatic N) is 2. The van der Waals surface area contributed by atoms with Gasteiger partial charge in [-0.3, -0.25) is 0 Å². The zero-order chi connectivity index (χ0) is 21.8. The Hall–Kier alpha value is -2.81. The Labute approximate surface area is 184 Å². The number of benzene rings is 2. The fraction of sp³-hybridized carbons (Fsp3) is 0.346. The van der Waals surface area contributed by atoms with Crippen LogP contribution in [0.5, 0.6) is 0 Å². The quantitative estimate of drug-likeness (QED) is 0.561. The summed E-state index contributed by atoms with van der Waals surface area (Å²) in [7, 11) is -0.390. The molecule has 3 aromatic rings. The van der Waals surface area contributed by atoms with Crippen LogP contribution in [-0.2, 0) is 15.7 Å². The van der Waals surface area contributed by atoms with E-state index in [9.17, 15) is 5.26 Å². The predicted molar refractivity (Wildman–Crippen MR) is 126 cm³/mol. The standard InChI is InChI=1S/C26H27BN2O2/c1-5-26(4)25(2,3)30-27(31-26)19-9-8-10-20(16-19)29-23-12-7-6-11-21(23)22-15-18(17-28)13-14-24(22)29/h7-10,12-16H,5-6,11H2,1-4H3. The molecule has 5 heteroatoms. The molecule has 1 fully saturated rings. The molecule has 0 N–H and O–H groups in total. The molecule has 1 saturated heterocycles. The zero-order valence-electron chi connectivity index (χ0n) is 18.6. The predicted octanol–water partition coefficient (Wildman–Crippen LogP) is 5.15. The Morgan fingerprint density at radius 1 is 1.13 bits per heavy atom. The highest BCUT2D eigenvalue weighted by Crippen LogP contribution is 2.40. The molecule has 1 atom stereocenters. The largest absolute Gasteiger partial charge is 0.494 e. The van der Waals surface area contributed by atoms with Gasteiger partial charge in [0.15, 0.2) is 0 Å². The molecular formula is C26H27BN2O2. The number of hydrogen-bond acceptors (Lipinski definition) is 3. The van der Waals surface area contributed by atoms with E-state index in [0.29, 0.717) is 5.56 Å². The lowest BCUT2D eigenvalue weighted by atomic mass is 9.79. The molecule has 2 aromatic carbocycles. The first-order valence-electron chi connectivity index (χ1n) is 11.1. The summed E-state index contributed by atoms with van der Waals surface area (Å²) >= 11 is 0. The number of aromatic nitrogens is 1. The molecule has 1 aliphatic carbocycles. The fourth-order valence-corrected chi connectivity index (χ4v) is 4.83. The smallest absolute Gasteiger partial charge is 0.399 e. The fourth-order valence-electron chi connectivity index (χ4n) is 4.83. The Balaban J connectivity index is 1.64. The van der Waals surface area contributed by atoms with Gasteiger partial charge in [0.2, 0.25) is 0 Å². The monoisotopic (exact) mass is 410 g/mol. The van der Waals surface area contributed by atoms with Crippen molar-refractivity contribution in [2.45, 2.75) is 58.2 Å². The summed E-state index contributed by atoms with van der Waals surface area (Å²) < 4.78 is 15.1. The average Bonchev–Trinajstić information content (AvgIpc) is 3.24. The first kappa shape index (κ1) is 20.1. The lowest BCUT2D eigenvalue weighted by Crippen LogP contribution is -2.44. The minimum atomic E-state index is -0.390. The van der Waals surface area contributed by atoms with Gasteiger partial charge in [0.1, 0.15) is 0 Å². The van der Waals surface area contributed by atoms with E-state index in [4.69, 9.17) is 9.31 Å². The van der Waals surface area contributed by atoms with Crippen molar-refractivity contribution in [2.24, 2.45) is 0 Å². The van der Waals surface area contributed by atoms with Crippen LogP contribution in [0.1, 0.15) is 57.4 Å². The van der Waals surface area contributed by atoms with Gasteiger partial charge in [0, 0.05) is 16.8 Å². The Bertz CT molecular complexity index is 1250. The van der Waals surface area contributed by atoms with Crippen molar-refractivity contribution in [1.82, 2.24) is 4.57 Å². The molecule has 2 aliphatic rings. The molecule has 0 amide bonds. The average molecular weight is 410 g/mol. The number of hydrogen-bond donors (Lipinski definition) is 0. The van der Waals surface area contributed by atoms with Crippen molar-refractivity contribution < 1.29 is 9.31 Å². The second-order valence-electron chi connectivity index (χ2n) is 9.24. The summed E-state index contributed by atoms with van der Waals surface area (Å²) in [4.78, 5) is 0. The summed E-state index contributed by atoms with van der Waals surface area (Å²) in [6.45, 7) is 8.48. The lowest BCUT2D eigenvalue weighted by Gasteiger charge is -2.35. The van der Waals surface area contributed by atoms with Gasteiger partial charge in [-0.2, -0.15) is 5.26 Å². The molecular weight excluding hydrogens is 383 g/mol. The van der Waals surface area contributed by atoms with Gasteiger partial charge in [-0.1, -0.05) is 25.1 Å². The van der Waals surface area contributed by atoms with Gasteiger partial charge in [-0.05, 0) is 87.5 Å². The van der Waals surface area contributed by atoms with Gasteiger partial charge in [-0.25, -0.2) is 0 Å². The maximum absolute atomic E-state index is 9.39. The molecule has 2 heterocycles. The molecule has 0 spiro atoms. The molecule has 1 aromatic heterocycles. The highest BCUT2D eigenvalue weighted by Gasteiger charge is 2.53. The lowest BCUT2D eigenvalue weighted by molar-refractivity contribution is -0.0118. The number of nitriles is 1. The topological polar surface area (TPSA) is 47.2 Å². The van der Waals surface area contributed by atoms with Crippen LogP contribution in [0.3, 0.4) is 0 Å². The van der Waals surface area contributed by atoms with E-state index in [1.807, 2.05) is 12.1 Å². The van der Waals surface area contributed by atoms with Gasteiger partial charge >= 0.3 is 7.12 Å². The van der Waals surface area contributed by atoms with E-state index in [0.717, 1.165) is 41.3 Å². The second kappa shape index (κ2) is 7.12. The van der Waals surface area contributed by atoms with Crippen LogP contribution in [0.2, 0.25) is 0 Å². The Kier molecular flexibility index (Phi) is 4.62. The number of rotatable bonds is 3. The Morgan fingerprint density at radius 2 is 1.97 bits per heavy atom. The zero-order valence-corrected chi connectivity index (χ0v) is 18.6. The highest BCUT2D eigenvalue weighted by atomic mass is 16.7. The normalized spacial score (nSPS) is 22.0. The van der Waals surface area contributed by atoms with Crippen molar-refractivity contribution in [3.63, 3.8) is 0 Å². The summed E-state index contributed by atoms with van der Waals surface area (Å²) in [5.74, 6) is 0. The minimum Gasteiger partial charge on any atom is -0.399 e. The van der Waals surface area contributed by atoms with E-state index >= 15 is 0 Å².